The summed E-state index contributed by atoms with van der Waals surface area (Å²) in [6, 6.07) is 9.33. The summed E-state index contributed by atoms with van der Waals surface area (Å²) in [5.74, 6) is -0.216. The first-order valence-corrected chi connectivity index (χ1v) is 7.85. The van der Waals surface area contributed by atoms with Gasteiger partial charge < -0.3 is 0 Å². The Morgan fingerprint density at radius 3 is 2.43 bits per heavy atom. The molecule has 1 atom stereocenters. The van der Waals surface area contributed by atoms with Gasteiger partial charge in [0, 0.05) is 17.8 Å². The predicted octanol–water partition coefficient (Wildman–Crippen LogP) is 4.19. The van der Waals surface area contributed by atoms with Gasteiger partial charge in [-0.05, 0) is 31.2 Å². The molecule has 0 saturated heterocycles. The van der Waals surface area contributed by atoms with Gasteiger partial charge >= 0.3 is 0 Å². The molecule has 1 unspecified atom stereocenters. The molecule has 0 radical (unpaired) electrons. The zero-order valence-corrected chi connectivity index (χ0v) is 12.8. The van der Waals surface area contributed by atoms with Crippen LogP contribution in [0.2, 0.25) is 0 Å². The Morgan fingerprint density at radius 1 is 1.14 bits per heavy atom. The van der Waals surface area contributed by atoms with Crippen LogP contribution < -0.4 is 0 Å². The summed E-state index contributed by atoms with van der Waals surface area (Å²) >= 11 is 0. The number of ketones is 1. The van der Waals surface area contributed by atoms with Crippen molar-refractivity contribution in [2.75, 3.05) is 0 Å². The molecule has 116 valence electrons. The summed E-state index contributed by atoms with van der Waals surface area (Å²) in [5.41, 5.74) is 1.33. The molecular formula is C17H25NO3. The van der Waals surface area contributed by atoms with Crippen LogP contribution in [0.5, 0.6) is 0 Å². The van der Waals surface area contributed by atoms with Gasteiger partial charge in [-0.3, -0.25) is 14.9 Å². The molecule has 0 amide bonds. The summed E-state index contributed by atoms with van der Waals surface area (Å²) in [6.45, 7) is 1.87. The average molecular weight is 291 g/mol. The second kappa shape index (κ2) is 10.1. The fourth-order valence-corrected chi connectivity index (χ4v) is 2.46. The molecule has 1 aromatic rings. The van der Waals surface area contributed by atoms with Gasteiger partial charge in [0.15, 0.2) is 0 Å². The summed E-state index contributed by atoms with van der Waals surface area (Å²) in [5, 5.41) is 10.9. The molecular weight excluding hydrogens is 266 g/mol. The Labute approximate surface area is 126 Å². The third-order valence-corrected chi connectivity index (χ3v) is 3.66. The fraction of sp³-hybridized carbons (Fsp3) is 0.588. The first-order valence-electron chi connectivity index (χ1n) is 7.85. The van der Waals surface area contributed by atoms with E-state index in [4.69, 9.17) is 0 Å². The van der Waals surface area contributed by atoms with Crippen LogP contribution in [0, 0.1) is 10.1 Å². The molecule has 4 nitrogen and oxygen atoms in total. The minimum atomic E-state index is -0.987. The maximum Gasteiger partial charge on any atom is 0.270 e. The smallest absolute Gasteiger partial charge is 0.270 e. The van der Waals surface area contributed by atoms with Crippen LogP contribution in [0.25, 0.3) is 0 Å². The SMILES string of the molecule is CCCC(=O)C(CCCCCCc1ccccc1)[N+](=O)[O-]. The number of unbranched alkanes of at least 4 members (excludes halogenated alkanes) is 3. The molecule has 0 aliphatic carbocycles. The molecule has 0 bridgehead atoms. The predicted molar refractivity (Wildman–Crippen MR) is 83.9 cm³/mol. The topological polar surface area (TPSA) is 60.2 Å². The zero-order valence-electron chi connectivity index (χ0n) is 12.8. The maximum atomic E-state index is 11.6. The van der Waals surface area contributed by atoms with E-state index in [1.54, 1.807) is 0 Å². The second-order valence-electron chi connectivity index (χ2n) is 5.46. The molecule has 1 aromatic carbocycles. The number of nitro groups is 1. The Hall–Kier alpha value is -1.71. The molecule has 0 aliphatic rings. The first-order chi connectivity index (χ1) is 10.1. The third kappa shape index (κ3) is 7.02. The highest BCUT2D eigenvalue weighted by atomic mass is 16.6. The number of hydrogen-bond acceptors (Lipinski definition) is 3. The van der Waals surface area contributed by atoms with Crippen molar-refractivity contribution < 1.29 is 9.72 Å². The van der Waals surface area contributed by atoms with Crippen LogP contribution in [0.1, 0.15) is 57.4 Å². The van der Waals surface area contributed by atoms with E-state index in [1.165, 1.54) is 5.56 Å². The second-order valence-corrected chi connectivity index (χ2v) is 5.46. The minimum absolute atomic E-state index is 0.216. The lowest BCUT2D eigenvalue weighted by Crippen LogP contribution is -2.29. The molecule has 0 heterocycles. The Balaban J connectivity index is 2.17. The number of carbonyl (C=O) groups excluding carboxylic acids is 1. The van der Waals surface area contributed by atoms with Crippen molar-refractivity contribution in [1.29, 1.82) is 0 Å². The van der Waals surface area contributed by atoms with Crippen molar-refractivity contribution >= 4 is 5.78 Å². The number of aryl methyl sites for hydroxylation is 1. The lowest BCUT2D eigenvalue weighted by Gasteiger charge is -2.08. The van der Waals surface area contributed by atoms with E-state index >= 15 is 0 Å². The van der Waals surface area contributed by atoms with Gasteiger partial charge in [-0.25, -0.2) is 0 Å². The lowest BCUT2D eigenvalue weighted by atomic mass is 10.0. The minimum Gasteiger partial charge on any atom is -0.292 e. The van der Waals surface area contributed by atoms with Crippen LogP contribution in [0.15, 0.2) is 30.3 Å². The van der Waals surface area contributed by atoms with Gasteiger partial charge in [-0.1, -0.05) is 50.1 Å². The summed E-state index contributed by atoms with van der Waals surface area (Å²) in [6.07, 6.45) is 6.30. The van der Waals surface area contributed by atoms with E-state index in [9.17, 15) is 14.9 Å². The highest BCUT2D eigenvalue weighted by Crippen LogP contribution is 2.12. The van der Waals surface area contributed by atoms with Gasteiger partial charge in [0.2, 0.25) is 5.78 Å². The molecule has 0 fully saturated rings. The summed E-state index contributed by atoms with van der Waals surface area (Å²) < 4.78 is 0. The Morgan fingerprint density at radius 2 is 1.81 bits per heavy atom. The first kappa shape index (κ1) is 17.3. The van der Waals surface area contributed by atoms with Crippen molar-refractivity contribution in [2.45, 2.75) is 64.3 Å². The van der Waals surface area contributed by atoms with Gasteiger partial charge in [0.25, 0.3) is 6.04 Å². The van der Waals surface area contributed by atoms with Gasteiger partial charge in [-0.2, -0.15) is 0 Å². The number of benzene rings is 1. The molecule has 0 N–H and O–H groups in total. The van der Waals surface area contributed by atoms with Crippen molar-refractivity contribution in [2.24, 2.45) is 0 Å². The number of carbonyl (C=O) groups is 1. The van der Waals surface area contributed by atoms with Crippen LogP contribution in [0.3, 0.4) is 0 Å². The normalized spacial score (nSPS) is 12.0. The van der Waals surface area contributed by atoms with Gasteiger partial charge in [-0.15, -0.1) is 0 Å². The molecule has 0 aliphatic heterocycles. The Kier molecular flexibility index (Phi) is 8.32. The highest BCUT2D eigenvalue weighted by molar-refractivity contribution is 5.82. The average Bonchev–Trinajstić information content (AvgIpc) is 2.47. The highest BCUT2D eigenvalue weighted by Gasteiger charge is 2.27. The standard InChI is InChI=1S/C17H25NO3/c1-2-10-17(19)16(18(20)21)14-9-4-3-6-11-15-12-7-5-8-13-15/h5,7-8,12-13,16H,2-4,6,9-11,14H2,1H3. The summed E-state index contributed by atoms with van der Waals surface area (Å²) in [7, 11) is 0. The van der Waals surface area contributed by atoms with Crippen molar-refractivity contribution in [1.82, 2.24) is 0 Å². The lowest BCUT2D eigenvalue weighted by molar-refractivity contribution is -0.508. The number of rotatable bonds is 11. The molecule has 0 aromatic heterocycles. The van der Waals surface area contributed by atoms with Crippen LogP contribution in [-0.4, -0.2) is 16.7 Å². The number of Topliss-reactive ketones (excluding diaryl/α,β-unsaturated/α-hetero) is 1. The van der Waals surface area contributed by atoms with E-state index < -0.39 is 11.0 Å². The third-order valence-electron chi connectivity index (χ3n) is 3.66. The maximum absolute atomic E-state index is 11.6. The molecule has 1 rings (SSSR count). The van der Waals surface area contributed by atoms with Crippen LogP contribution >= 0.6 is 0 Å². The van der Waals surface area contributed by atoms with E-state index in [0.29, 0.717) is 19.3 Å². The van der Waals surface area contributed by atoms with Crippen molar-refractivity contribution in [3.63, 3.8) is 0 Å². The summed E-state index contributed by atoms with van der Waals surface area (Å²) in [4.78, 5) is 22.1. The molecule has 4 heteroatoms. The number of hydrogen-bond donors (Lipinski definition) is 0. The largest absolute Gasteiger partial charge is 0.292 e. The van der Waals surface area contributed by atoms with Gasteiger partial charge in [0.1, 0.15) is 0 Å². The fourth-order valence-electron chi connectivity index (χ4n) is 2.46. The van der Waals surface area contributed by atoms with Crippen LogP contribution in [-0.2, 0) is 11.2 Å². The zero-order chi connectivity index (χ0) is 15.5. The Bertz CT molecular complexity index is 431. The molecule has 0 saturated carbocycles. The quantitative estimate of drug-likeness (QED) is 0.349. The van der Waals surface area contributed by atoms with Gasteiger partial charge in [0.05, 0.1) is 0 Å². The van der Waals surface area contributed by atoms with E-state index in [2.05, 4.69) is 12.1 Å². The van der Waals surface area contributed by atoms with E-state index in [1.807, 2.05) is 25.1 Å². The van der Waals surface area contributed by atoms with Crippen molar-refractivity contribution in [3.8, 4) is 0 Å². The monoisotopic (exact) mass is 291 g/mol. The van der Waals surface area contributed by atoms with E-state index in [0.717, 1.165) is 32.1 Å². The van der Waals surface area contributed by atoms with E-state index in [-0.39, 0.29) is 5.78 Å². The van der Waals surface area contributed by atoms with Crippen LogP contribution in [0.4, 0.5) is 0 Å². The number of nitrogens with zero attached hydrogens (tertiary/aromatic N) is 1. The van der Waals surface area contributed by atoms with Crippen molar-refractivity contribution in [3.05, 3.63) is 46.0 Å². The molecule has 21 heavy (non-hydrogen) atoms. The molecule has 0 spiro atoms.